The largest absolute Gasteiger partial charge is 0.352 e. The van der Waals surface area contributed by atoms with E-state index in [-0.39, 0.29) is 17.9 Å². The van der Waals surface area contributed by atoms with E-state index in [1.165, 1.54) is 5.56 Å². The van der Waals surface area contributed by atoms with E-state index < -0.39 is 6.04 Å². The van der Waals surface area contributed by atoms with Crippen LogP contribution in [-0.4, -0.2) is 34.6 Å². The van der Waals surface area contributed by atoms with Gasteiger partial charge in [-0.15, -0.1) is 11.8 Å². The summed E-state index contributed by atoms with van der Waals surface area (Å²) in [6.45, 7) is 8.40. The van der Waals surface area contributed by atoms with Crippen LogP contribution in [0.1, 0.15) is 42.5 Å². The van der Waals surface area contributed by atoms with E-state index in [1.54, 1.807) is 16.7 Å². The Morgan fingerprint density at radius 2 is 1.54 bits per heavy atom. The van der Waals surface area contributed by atoms with Crippen LogP contribution < -0.4 is 5.32 Å². The van der Waals surface area contributed by atoms with Gasteiger partial charge in [-0.2, -0.15) is 0 Å². The number of carbonyl (C=O) groups excluding carboxylic acids is 2. The van der Waals surface area contributed by atoms with Crippen LogP contribution in [0.2, 0.25) is 0 Å². The Hall–Kier alpha value is -3.05. The molecule has 3 aromatic rings. The van der Waals surface area contributed by atoms with Crippen LogP contribution in [-0.2, 0) is 22.6 Å². The van der Waals surface area contributed by atoms with E-state index in [9.17, 15) is 9.59 Å². The molecule has 0 aliphatic rings. The molecular weight excluding hydrogens is 452 g/mol. The molecule has 0 fully saturated rings. The lowest BCUT2D eigenvalue weighted by Crippen LogP contribution is -2.51. The second kappa shape index (κ2) is 13.1. The summed E-state index contributed by atoms with van der Waals surface area (Å²) in [5.74, 6) is 0.540. The van der Waals surface area contributed by atoms with Gasteiger partial charge in [0, 0.05) is 36.1 Å². The minimum atomic E-state index is -0.586. The summed E-state index contributed by atoms with van der Waals surface area (Å²) in [7, 11) is 0. The molecular formula is C30H36N2O2S. The zero-order valence-electron chi connectivity index (χ0n) is 21.2. The highest BCUT2D eigenvalue weighted by molar-refractivity contribution is 7.99. The Balaban J connectivity index is 1.84. The lowest BCUT2D eigenvalue weighted by Gasteiger charge is -2.32. The van der Waals surface area contributed by atoms with E-state index >= 15 is 0 Å². The number of rotatable bonds is 11. The van der Waals surface area contributed by atoms with Crippen LogP contribution in [0.3, 0.4) is 0 Å². The van der Waals surface area contributed by atoms with Crippen molar-refractivity contribution in [2.45, 2.75) is 64.1 Å². The van der Waals surface area contributed by atoms with Gasteiger partial charge in [0.25, 0.3) is 0 Å². The molecule has 4 nitrogen and oxygen atoms in total. The van der Waals surface area contributed by atoms with Crippen LogP contribution in [0.4, 0.5) is 0 Å². The van der Waals surface area contributed by atoms with E-state index in [4.69, 9.17) is 0 Å². The highest BCUT2D eigenvalue weighted by Gasteiger charge is 2.30. The van der Waals surface area contributed by atoms with Crippen molar-refractivity contribution in [3.63, 3.8) is 0 Å². The number of hydrogen-bond acceptors (Lipinski definition) is 3. The summed E-state index contributed by atoms with van der Waals surface area (Å²) >= 11 is 1.67. The summed E-state index contributed by atoms with van der Waals surface area (Å²) in [6, 6.07) is 25.8. The van der Waals surface area contributed by atoms with Crippen molar-refractivity contribution < 1.29 is 9.59 Å². The Morgan fingerprint density at radius 3 is 2.20 bits per heavy atom. The van der Waals surface area contributed by atoms with E-state index in [1.807, 2.05) is 69.3 Å². The normalized spacial score (nSPS) is 11.8. The Kier molecular flexibility index (Phi) is 9.98. The van der Waals surface area contributed by atoms with Crippen molar-refractivity contribution in [2.24, 2.45) is 0 Å². The zero-order chi connectivity index (χ0) is 25.2. The number of nitrogens with one attached hydrogen (secondary N) is 1. The van der Waals surface area contributed by atoms with Gasteiger partial charge >= 0.3 is 0 Å². The summed E-state index contributed by atoms with van der Waals surface area (Å²) < 4.78 is 0. The van der Waals surface area contributed by atoms with Crippen molar-refractivity contribution in [3.8, 4) is 0 Å². The second-order valence-electron chi connectivity index (χ2n) is 9.29. The van der Waals surface area contributed by atoms with Gasteiger partial charge in [0.15, 0.2) is 0 Å². The van der Waals surface area contributed by atoms with Gasteiger partial charge in [0.1, 0.15) is 6.04 Å². The van der Waals surface area contributed by atoms with E-state index in [0.29, 0.717) is 25.1 Å². The Bertz CT molecular complexity index is 1100. The maximum atomic E-state index is 13.6. The van der Waals surface area contributed by atoms with Crippen molar-refractivity contribution in [2.75, 3.05) is 5.75 Å². The van der Waals surface area contributed by atoms with Gasteiger partial charge < -0.3 is 10.2 Å². The summed E-state index contributed by atoms with van der Waals surface area (Å²) in [6.07, 6.45) is 0.840. The number of carbonyl (C=O) groups is 2. The second-order valence-corrected chi connectivity index (χ2v) is 10.5. The monoisotopic (exact) mass is 488 g/mol. The number of nitrogens with zero attached hydrogens (tertiary/aromatic N) is 1. The molecule has 0 spiro atoms. The van der Waals surface area contributed by atoms with Gasteiger partial charge in [-0.25, -0.2) is 0 Å². The van der Waals surface area contributed by atoms with E-state index in [0.717, 1.165) is 21.6 Å². The Labute approximate surface area is 214 Å². The minimum absolute atomic E-state index is 0.00575. The fourth-order valence-corrected chi connectivity index (χ4v) is 4.82. The molecule has 0 aliphatic heterocycles. The fourth-order valence-electron chi connectivity index (χ4n) is 3.98. The lowest BCUT2D eigenvalue weighted by atomic mass is 10.0. The summed E-state index contributed by atoms with van der Waals surface area (Å²) in [5.41, 5.74) is 4.41. The van der Waals surface area contributed by atoms with Crippen LogP contribution in [0.15, 0.2) is 83.8 Å². The third-order valence-corrected chi connectivity index (χ3v) is 6.76. The van der Waals surface area contributed by atoms with Crippen LogP contribution in [0.25, 0.3) is 0 Å². The molecule has 5 heteroatoms. The van der Waals surface area contributed by atoms with Crippen molar-refractivity contribution in [3.05, 3.63) is 101 Å². The highest BCUT2D eigenvalue weighted by atomic mass is 32.2. The number of hydrogen-bond donors (Lipinski definition) is 1. The highest BCUT2D eigenvalue weighted by Crippen LogP contribution is 2.21. The number of amides is 2. The van der Waals surface area contributed by atoms with Gasteiger partial charge in [-0.1, -0.05) is 77.9 Å². The molecule has 0 saturated heterocycles. The molecule has 0 heterocycles. The first kappa shape index (κ1) is 26.6. The first-order valence-corrected chi connectivity index (χ1v) is 13.2. The van der Waals surface area contributed by atoms with Gasteiger partial charge in [0.2, 0.25) is 11.8 Å². The van der Waals surface area contributed by atoms with E-state index in [2.05, 4.69) is 42.6 Å². The zero-order valence-corrected chi connectivity index (χ0v) is 22.0. The van der Waals surface area contributed by atoms with Crippen molar-refractivity contribution in [1.82, 2.24) is 10.2 Å². The molecule has 35 heavy (non-hydrogen) atoms. The van der Waals surface area contributed by atoms with Gasteiger partial charge in [-0.3, -0.25) is 9.59 Å². The average molecular weight is 489 g/mol. The minimum Gasteiger partial charge on any atom is -0.352 e. The predicted molar refractivity (Wildman–Crippen MR) is 145 cm³/mol. The smallest absolute Gasteiger partial charge is 0.243 e. The van der Waals surface area contributed by atoms with Crippen LogP contribution >= 0.6 is 11.8 Å². The molecule has 0 aromatic heterocycles. The lowest BCUT2D eigenvalue weighted by molar-refractivity contribution is -0.141. The molecule has 0 radical (unpaired) electrons. The van der Waals surface area contributed by atoms with Crippen molar-refractivity contribution in [1.29, 1.82) is 0 Å². The molecule has 1 unspecified atom stereocenters. The maximum absolute atomic E-state index is 13.6. The molecule has 184 valence electrons. The molecule has 1 atom stereocenters. The molecule has 3 aromatic carbocycles. The van der Waals surface area contributed by atoms with Crippen LogP contribution in [0, 0.1) is 13.8 Å². The maximum Gasteiger partial charge on any atom is 0.243 e. The molecule has 0 aliphatic carbocycles. The summed E-state index contributed by atoms with van der Waals surface area (Å²) in [4.78, 5) is 29.9. The summed E-state index contributed by atoms with van der Waals surface area (Å²) in [5, 5.41) is 3.04. The molecule has 1 N–H and O–H groups in total. The van der Waals surface area contributed by atoms with Gasteiger partial charge in [-0.05, 0) is 51.0 Å². The third-order valence-electron chi connectivity index (χ3n) is 5.74. The quantitative estimate of drug-likeness (QED) is 0.339. The first-order chi connectivity index (χ1) is 16.8. The SMILES string of the molecule is Cc1ccc(SCCC(=O)N(Cc2cccc(C)c2)C(Cc2ccccc2)C(=O)NC(C)C)cc1. The predicted octanol–water partition coefficient (Wildman–Crippen LogP) is 5.95. The van der Waals surface area contributed by atoms with Crippen molar-refractivity contribution >= 4 is 23.6 Å². The van der Waals surface area contributed by atoms with Crippen LogP contribution in [0.5, 0.6) is 0 Å². The number of aryl methyl sites for hydroxylation is 2. The number of thioether (sulfide) groups is 1. The number of benzene rings is 3. The molecule has 0 saturated carbocycles. The Morgan fingerprint density at radius 1 is 0.857 bits per heavy atom. The van der Waals surface area contributed by atoms with Gasteiger partial charge in [0.05, 0.1) is 0 Å². The average Bonchev–Trinajstić information content (AvgIpc) is 2.82. The molecule has 0 bridgehead atoms. The third kappa shape index (κ3) is 8.59. The standard InChI is InChI=1S/C30H36N2O2S/c1-22(2)31-30(34)28(20-25-10-6-5-7-11-25)32(21-26-12-8-9-24(4)19-26)29(33)17-18-35-27-15-13-23(3)14-16-27/h5-16,19,22,28H,17-18,20-21H2,1-4H3,(H,31,34). The topological polar surface area (TPSA) is 49.4 Å². The fraction of sp³-hybridized carbons (Fsp3) is 0.333. The molecule has 2 amide bonds. The molecule has 3 rings (SSSR count). The first-order valence-electron chi connectivity index (χ1n) is 12.2.